The van der Waals surface area contributed by atoms with Crippen molar-refractivity contribution in [2.45, 2.75) is 50.8 Å². The van der Waals surface area contributed by atoms with Crippen LogP contribution in [0, 0.1) is 0 Å². The molecule has 0 aliphatic carbocycles. The molecule has 0 saturated heterocycles. The van der Waals surface area contributed by atoms with E-state index in [4.69, 9.17) is 4.74 Å². The SMILES string of the molecule is CCCCOc1cc([SH](=O)=O)ccc1C(C)(C)C. The van der Waals surface area contributed by atoms with Gasteiger partial charge >= 0.3 is 0 Å². The fourth-order valence-corrected chi connectivity index (χ4v) is 2.11. The van der Waals surface area contributed by atoms with E-state index in [-0.39, 0.29) is 5.41 Å². The summed E-state index contributed by atoms with van der Waals surface area (Å²) in [4.78, 5) is 0.310. The maximum atomic E-state index is 11.0. The lowest BCUT2D eigenvalue weighted by Crippen LogP contribution is -2.14. The number of hydrogen-bond acceptors (Lipinski definition) is 3. The molecule has 0 amide bonds. The molecule has 0 fully saturated rings. The van der Waals surface area contributed by atoms with Crippen molar-refractivity contribution in [2.75, 3.05) is 6.61 Å². The van der Waals surface area contributed by atoms with Crippen molar-refractivity contribution in [2.24, 2.45) is 0 Å². The molecule has 0 unspecified atom stereocenters. The summed E-state index contributed by atoms with van der Waals surface area (Å²) in [7, 11) is -2.56. The van der Waals surface area contributed by atoms with Crippen LogP contribution < -0.4 is 4.74 Å². The number of benzene rings is 1. The Kier molecular flexibility index (Phi) is 5.20. The van der Waals surface area contributed by atoms with Gasteiger partial charge in [-0.2, -0.15) is 0 Å². The van der Waals surface area contributed by atoms with Crippen molar-refractivity contribution in [1.82, 2.24) is 0 Å². The summed E-state index contributed by atoms with van der Waals surface area (Å²) in [6, 6.07) is 5.11. The van der Waals surface area contributed by atoms with Crippen molar-refractivity contribution in [1.29, 1.82) is 0 Å². The Morgan fingerprint density at radius 2 is 1.89 bits per heavy atom. The van der Waals surface area contributed by atoms with Gasteiger partial charge in [-0.3, -0.25) is 0 Å². The Bertz CT molecular complexity index is 462. The molecule has 0 saturated carbocycles. The zero-order chi connectivity index (χ0) is 13.8. The number of ether oxygens (including phenoxy) is 1. The smallest absolute Gasteiger partial charge is 0.168 e. The van der Waals surface area contributed by atoms with E-state index < -0.39 is 10.7 Å². The highest BCUT2D eigenvalue weighted by molar-refractivity contribution is 7.72. The van der Waals surface area contributed by atoms with Gasteiger partial charge in [0.1, 0.15) is 5.75 Å². The first-order valence-corrected chi connectivity index (χ1v) is 7.45. The first-order valence-electron chi connectivity index (χ1n) is 6.28. The highest BCUT2D eigenvalue weighted by atomic mass is 32.2. The fourth-order valence-electron chi connectivity index (χ4n) is 1.69. The summed E-state index contributed by atoms with van der Waals surface area (Å²) < 4.78 is 27.8. The molecule has 102 valence electrons. The van der Waals surface area contributed by atoms with E-state index in [0.29, 0.717) is 17.3 Å². The van der Waals surface area contributed by atoms with Gasteiger partial charge in [0, 0.05) is 0 Å². The minimum absolute atomic E-state index is 0.0609. The topological polar surface area (TPSA) is 43.4 Å². The molecule has 0 radical (unpaired) electrons. The Morgan fingerprint density at radius 3 is 2.39 bits per heavy atom. The molecule has 1 rings (SSSR count). The summed E-state index contributed by atoms with van der Waals surface area (Å²) in [6.45, 7) is 8.99. The quantitative estimate of drug-likeness (QED) is 0.660. The molecular formula is C14H22O3S. The second kappa shape index (κ2) is 6.23. The van der Waals surface area contributed by atoms with Gasteiger partial charge in [-0.15, -0.1) is 0 Å². The summed E-state index contributed by atoms with van der Waals surface area (Å²) in [6.07, 6.45) is 2.03. The lowest BCUT2D eigenvalue weighted by atomic mass is 9.86. The van der Waals surface area contributed by atoms with Crippen molar-refractivity contribution < 1.29 is 13.2 Å². The summed E-state index contributed by atoms with van der Waals surface area (Å²) in [5.41, 5.74) is 0.980. The van der Waals surface area contributed by atoms with Gasteiger partial charge in [0.2, 0.25) is 0 Å². The minimum atomic E-state index is -2.56. The van der Waals surface area contributed by atoms with Crippen LogP contribution >= 0.6 is 0 Å². The van der Waals surface area contributed by atoms with E-state index in [2.05, 4.69) is 27.7 Å². The van der Waals surface area contributed by atoms with Crippen molar-refractivity contribution in [3.63, 3.8) is 0 Å². The van der Waals surface area contributed by atoms with Crippen molar-refractivity contribution >= 4 is 10.7 Å². The maximum Gasteiger partial charge on any atom is 0.168 e. The van der Waals surface area contributed by atoms with E-state index in [1.165, 1.54) is 0 Å². The number of unbranched alkanes of at least 4 members (excludes halogenated alkanes) is 1. The second-order valence-corrected chi connectivity index (χ2v) is 6.42. The molecule has 18 heavy (non-hydrogen) atoms. The molecule has 0 aliphatic rings. The molecule has 0 heterocycles. The van der Waals surface area contributed by atoms with E-state index in [1.807, 2.05) is 6.07 Å². The minimum Gasteiger partial charge on any atom is -0.493 e. The second-order valence-electron chi connectivity index (χ2n) is 5.39. The third-order valence-corrected chi connectivity index (χ3v) is 3.44. The van der Waals surface area contributed by atoms with Crippen LogP contribution in [0.25, 0.3) is 0 Å². The molecule has 0 aliphatic heterocycles. The Morgan fingerprint density at radius 1 is 1.22 bits per heavy atom. The maximum absolute atomic E-state index is 11.0. The van der Waals surface area contributed by atoms with Gasteiger partial charge in [0.15, 0.2) is 10.7 Å². The van der Waals surface area contributed by atoms with Gasteiger partial charge in [-0.1, -0.05) is 40.2 Å². The molecule has 0 aromatic heterocycles. The molecule has 0 atom stereocenters. The molecule has 1 aromatic rings. The van der Waals surface area contributed by atoms with Crippen LogP contribution in [0.3, 0.4) is 0 Å². The van der Waals surface area contributed by atoms with Crippen molar-refractivity contribution in [3.8, 4) is 5.75 Å². The molecule has 0 spiro atoms. The molecule has 1 aromatic carbocycles. The lowest BCUT2D eigenvalue weighted by Gasteiger charge is -2.23. The predicted molar refractivity (Wildman–Crippen MR) is 74.1 cm³/mol. The molecule has 0 N–H and O–H groups in total. The Balaban J connectivity index is 3.10. The van der Waals surface area contributed by atoms with E-state index in [9.17, 15) is 8.42 Å². The summed E-state index contributed by atoms with van der Waals surface area (Å²) >= 11 is 0. The van der Waals surface area contributed by atoms with Crippen LogP contribution in [0.2, 0.25) is 0 Å². The van der Waals surface area contributed by atoms with Gasteiger partial charge < -0.3 is 4.74 Å². The standard InChI is InChI=1S/C14H22O3S/c1-5-6-9-17-13-10-11(18(15)16)7-8-12(13)14(2,3)4/h7-8,10,18H,5-6,9H2,1-4H3. The van der Waals surface area contributed by atoms with Crippen LogP contribution in [-0.4, -0.2) is 15.0 Å². The average molecular weight is 270 g/mol. The average Bonchev–Trinajstić information content (AvgIpc) is 2.27. The van der Waals surface area contributed by atoms with E-state index in [1.54, 1.807) is 12.1 Å². The van der Waals surface area contributed by atoms with E-state index in [0.717, 1.165) is 18.4 Å². The third-order valence-electron chi connectivity index (χ3n) is 2.74. The monoisotopic (exact) mass is 270 g/mol. The molecule has 4 heteroatoms. The first-order chi connectivity index (χ1) is 8.36. The van der Waals surface area contributed by atoms with Crippen LogP contribution in [0.4, 0.5) is 0 Å². The Labute approximate surface area is 111 Å². The van der Waals surface area contributed by atoms with Crippen LogP contribution in [0.15, 0.2) is 23.1 Å². The van der Waals surface area contributed by atoms with Gasteiger partial charge in [-0.05, 0) is 29.5 Å². The van der Waals surface area contributed by atoms with Crippen LogP contribution in [0.5, 0.6) is 5.75 Å². The Hall–Kier alpha value is -1.03. The molecule has 3 nitrogen and oxygen atoms in total. The van der Waals surface area contributed by atoms with Crippen molar-refractivity contribution in [3.05, 3.63) is 23.8 Å². The zero-order valence-electron chi connectivity index (χ0n) is 11.5. The lowest BCUT2D eigenvalue weighted by molar-refractivity contribution is 0.300. The first kappa shape index (κ1) is 15.0. The van der Waals surface area contributed by atoms with Gasteiger partial charge in [0.25, 0.3) is 0 Å². The van der Waals surface area contributed by atoms with Crippen LogP contribution in [0.1, 0.15) is 46.1 Å². The molecule has 0 bridgehead atoms. The largest absolute Gasteiger partial charge is 0.493 e. The number of thiol groups is 1. The normalized spacial score (nSPS) is 11.8. The third kappa shape index (κ3) is 4.02. The van der Waals surface area contributed by atoms with Gasteiger partial charge in [0.05, 0.1) is 11.5 Å². The predicted octanol–water partition coefficient (Wildman–Crippen LogP) is 3.13. The zero-order valence-corrected chi connectivity index (χ0v) is 12.4. The highest BCUT2D eigenvalue weighted by Crippen LogP contribution is 2.32. The molecular weight excluding hydrogens is 248 g/mol. The summed E-state index contributed by atoms with van der Waals surface area (Å²) in [5, 5.41) is 0. The van der Waals surface area contributed by atoms with Gasteiger partial charge in [-0.25, -0.2) is 8.42 Å². The number of rotatable bonds is 5. The highest BCUT2D eigenvalue weighted by Gasteiger charge is 2.19. The van der Waals surface area contributed by atoms with Crippen LogP contribution in [-0.2, 0) is 16.1 Å². The summed E-state index contributed by atoms with van der Waals surface area (Å²) in [5.74, 6) is 0.688. The van der Waals surface area contributed by atoms with E-state index >= 15 is 0 Å². The fraction of sp³-hybridized carbons (Fsp3) is 0.571. The number of hydrogen-bond donors (Lipinski definition) is 1.